The predicted octanol–water partition coefficient (Wildman–Crippen LogP) is 3.17. The van der Waals surface area contributed by atoms with Gasteiger partial charge < -0.3 is 18.9 Å². The van der Waals surface area contributed by atoms with Crippen LogP contribution in [0.1, 0.15) is 33.1 Å². The van der Waals surface area contributed by atoms with Gasteiger partial charge in [0.15, 0.2) is 17.1 Å². The molecule has 1 aliphatic rings. The summed E-state index contributed by atoms with van der Waals surface area (Å²) >= 11 is 0. The molecule has 1 amide bonds. The van der Waals surface area contributed by atoms with Crippen LogP contribution >= 0.6 is 0 Å². The molecular weight excluding hydrogens is 406 g/mol. The van der Waals surface area contributed by atoms with Crippen LogP contribution in [0, 0.1) is 0 Å². The molecule has 0 saturated heterocycles. The second-order valence-electron chi connectivity index (χ2n) is 7.77. The highest BCUT2D eigenvalue weighted by molar-refractivity contribution is 5.97. The molecular formula is C24H23N5O3. The normalized spacial score (nSPS) is 15.5. The molecule has 0 bridgehead atoms. The topological polar surface area (TPSA) is 82.4 Å². The second kappa shape index (κ2) is 7.96. The highest BCUT2D eigenvalue weighted by Crippen LogP contribution is 2.41. The number of hydrogen-bond acceptors (Lipinski definition) is 6. The molecule has 1 unspecified atom stereocenters. The lowest BCUT2D eigenvalue weighted by Gasteiger charge is -2.38. The molecule has 0 N–H and O–H groups in total. The van der Waals surface area contributed by atoms with E-state index in [2.05, 4.69) is 15.0 Å². The number of carbonyl (C=O) groups is 1. The molecule has 0 saturated carbocycles. The number of pyridine rings is 2. The van der Waals surface area contributed by atoms with Gasteiger partial charge in [-0.1, -0.05) is 6.07 Å². The van der Waals surface area contributed by atoms with Crippen molar-refractivity contribution in [2.45, 2.75) is 12.5 Å². The number of imidazole rings is 1. The Kier molecular flexibility index (Phi) is 4.97. The molecule has 1 aromatic carbocycles. The molecule has 0 radical (unpaired) electrons. The zero-order chi connectivity index (χ0) is 22.2. The first-order chi connectivity index (χ1) is 15.6. The molecule has 8 nitrogen and oxygen atoms in total. The molecule has 1 aliphatic heterocycles. The van der Waals surface area contributed by atoms with Crippen molar-refractivity contribution in [1.82, 2.24) is 24.4 Å². The summed E-state index contributed by atoms with van der Waals surface area (Å²) in [6, 6.07) is 9.33. The number of fused-ring (bicyclic) bond motifs is 2. The molecule has 4 aromatic rings. The Hall–Kier alpha value is -3.94. The van der Waals surface area contributed by atoms with Crippen LogP contribution in [-0.2, 0) is 13.5 Å². The summed E-state index contributed by atoms with van der Waals surface area (Å²) in [7, 11) is 5.12. The largest absolute Gasteiger partial charge is 0.493 e. The third kappa shape index (κ3) is 3.24. The van der Waals surface area contributed by atoms with Crippen LogP contribution in [0.15, 0.2) is 55.2 Å². The van der Waals surface area contributed by atoms with Crippen LogP contribution < -0.4 is 9.47 Å². The molecule has 8 heteroatoms. The van der Waals surface area contributed by atoms with Gasteiger partial charge in [0, 0.05) is 32.2 Å². The molecule has 0 spiro atoms. The monoisotopic (exact) mass is 429 g/mol. The molecule has 3 aromatic heterocycles. The van der Waals surface area contributed by atoms with E-state index in [-0.39, 0.29) is 11.9 Å². The van der Waals surface area contributed by atoms with Gasteiger partial charge in [-0.2, -0.15) is 0 Å². The lowest BCUT2D eigenvalue weighted by atomic mass is 9.88. The summed E-state index contributed by atoms with van der Waals surface area (Å²) in [4.78, 5) is 28.7. The number of nitrogens with zero attached hydrogens (tertiary/aromatic N) is 5. The Balaban J connectivity index is 1.62. The lowest BCUT2D eigenvalue weighted by Crippen LogP contribution is -2.40. The van der Waals surface area contributed by atoms with E-state index in [1.54, 1.807) is 45.2 Å². The zero-order valence-electron chi connectivity index (χ0n) is 18.1. The van der Waals surface area contributed by atoms with Crippen molar-refractivity contribution in [3.8, 4) is 11.5 Å². The maximum Gasteiger partial charge on any atom is 0.256 e. The summed E-state index contributed by atoms with van der Waals surface area (Å²) in [5, 5.41) is 0. The molecule has 1 atom stereocenters. The number of carbonyl (C=O) groups excluding carboxylic acids is 1. The van der Waals surface area contributed by atoms with Crippen LogP contribution in [0.4, 0.5) is 0 Å². The zero-order valence-corrected chi connectivity index (χ0v) is 18.1. The summed E-state index contributed by atoms with van der Waals surface area (Å²) in [5.74, 6) is 1.21. The van der Waals surface area contributed by atoms with Gasteiger partial charge in [0.1, 0.15) is 5.52 Å². The maximum absolute atomic E-state index is 13.7. The molecule has 0 fully saturated rings. The van der Waals surface area contributed by atoms with Gasteiger partial charge in [-0.25, -0.2) is 9.97 Å². The number of aromatic nitrogens is 4. The number of amides is 1. The first-order valence-corrected chi connectivity index (χ1v) is 10.3. The number of hydrogen-bond donors (Lipinski definition) is 0. The van der Waals surface area contributed by atoms with E-state index in [1.165, 1.54) is 0 Å². The summed E-state index contributed by atoms with van der Waals surface area (Å²) in [5.41, 5.74) is 5.00. The Labute approximate surface area is 185 Å². The lowest BCUT2D eigenvalue weighted by molar-refractivity contribution is 0.0693. The third-order valence-electron chi connectivity index (χ3n) is 5.93. The predicted molar refractivity (Wildman–Crippen MR) is 119 cm³/mol. The highest BCUT2D eigenvalue weighted by Gasteiger charge is 2.34. The van der Waals surface area contributed by atoms with Crippen molar-refractivity contribution in [3.05, 3.63) is 77.5 Å². The second-order valence-corrected chi connectivity index (χ2v) is 7.77. The maximum atomic E-state index is 13.7. The van der Waals surface area contributed by atoms with E-state index in [9.17, 15) is 4.79 Å². The van der Waals surface area contributed by atoms with Crippen LogP contribution in [-0.4, -0.2) is 51.1 Å². The van der Waals surface area contributed by atoms with E-state index >= 15 is 0 Å². The van der Waals surface area contributed by atoms with Crippen LogP contribution in [0.25, 0.3) is 11.2 Å². The van der Waals surface area contributed by atoms with Crippen molar-refractivity contribution >= 4 is 17.1 Å². The Morgan fingerprint density at radius 2 is 1.91 bits per heavy atom. The first kappa shape index (κ1) is 20.0. The fourth-order valence-electron chi connectivity index (χ4n) is 4.36. The van der Waals surface area contributed by atoms with Crippen LogP contribution in [0.3, 0.4) is 0 Å². The third-order valence-corrected chi connectivity index (χ3v) is 5.93. The van der Waals surface area contributed by atoms with Crippen molar-refractivity contribution in [2.24, 2.45) is 7.05 Å². The number of aryl methyl sites for hydroxylation is 1. The number of methoxy groups -OCH3 is 2. The molecule has 4 heterocycles. The average molecular weight is 429 g/mol. The summed E-state index contributed by atoms with van der Waals surface area (Å²) in [6.07, 6.45) is 7.55. The summed E-state index contributed by atoms with van der Waals surface area (Å²) in [6.45, 7) is 0.557. The van der Waals surface area contributed by atoms with Crippen molar-refractivity contribution in [3.63, 3.8) is 0 Å². The van der Waals surface area contributed by atoms with E-state index in [4.69, 9.17) is 9.47 Å². The van der Waals surface area contributed by atoms with Gasteiger partial charge in [-0.3, -0.25) is 9.78 Å². The average Bonchev–Trinajstić information content (AvgIpc) is 3.22. The van der Waals surface area contributed by atoms with Crippen LogP contribution in [0.5, 0.6) is 11.5 Å². The molecule has 0 aliphatic carbocycles. The molecule has 162 valence electrons. The quantitative estimate of drug-likeness (QED) is 0.496. The number of rotatable bonds is 4. The first-order valence-electron chi connectivity index (χ1n) is 10.3. The highest BCUT2D eigenvalue weighted by atomic mass is 16.5. The minimum atomic E-state index is -0.306. The number of ether oxygens (including phenoxy) is 2. The Morgan fingerprint density at radius 1 is 1.09 bits per heavy atom. The minimum absolute atomic E-state index is 0.0978. The fraction of sp³-hybridized carbons (Fsp3) is 0.250. The van der Waals surface area contributed by atoms with Gasteiger partial charge in [-0.05, 0) is 47.4 Å². The molecule has 32 heavy (non-hydrogen) atoms. The SMILES string of the molecule is COc1cc2c(cc1OC)C(c1cccnc1)N(C(=O)c1cnc3c(c1)ncn3C)CC2. The fourth-order valence-corrected chi connectivity index (χ4v) is 4.36. The van der Waals surface area contributed by atoms with Crippen molar-refractivity contribution < 1.29 is 14.3 Å². The van der Waals surface area contributed by atoms with E-state index < -0.39 is 0 Å². The van der Waals surface area contributed by atoms with Gasteiger partial charge in [0.25, 0.3) is 5.91 Å². The standard InChI is InChI=1S/C24H23N5O3/c1-28-14-27-19-9-17(13-26-23(19)28)24(30)29-8-6-15-10-20(31-2)21(32-3)11-18(15)22(29)16-5-4-7-25-12-16/h4-5,7,9-14,22H,6,8H2,1-3H3. The Bertz CT molecular complexity index is 1300. The van der Waals surface area contributed by atoms with Crippen molar-refractivity contribution in [2.75, 3.05) is 20.8 Å². The van der Waals surface area contributed by atoms with Gasteiger partial charge in [-0.15, -0.1) is 0 Å². The summed E-state index contributed by atoms with van der Waals surface area (Å²) < 4.78 is 12.9. The molecule has 5 rings (SSSR count). The van der Waals surface area contributed by atoms with Gasteiger partial charge >= 0.3 is 0 Å². The minimum Gasteiger partial charge on any atom is -0.493 e. The van der Waals surface area contributed by atoms with Gasteiger partial charge in [0.05, 0.1) is 32.2 Å². The van der Waals surface area contributed by atoms with E-state index in [0.717, 1.165) is 22.3 Å². The Morgan fingerprint density at radius 3 is 2.66 bits per heavy atom. The smallest absolute Gasteiger partial charge is 0.256 e. The number of benzene rings is 1. The van der Waals surface area contributed by atoms with Crippen LogP contribution in [0.2, 0.25) is 0 Å². The van der Waals surface area contributed by atoms with Gasteiger partial charge in [0.2, 0.25) is 0 Å². The van der Waals surface area contributed by atoms with E-state index in [1.807, 2.05) is 40.8 Å². The van der Waals surface area contributed by atoms with Crippen molar-refractivity contribution in [1.29, 1.82) is 0 Å². The van der Waals surface area contributed by atoms with E-state index in [0.29, 0.717) is 35.5 Å².